The van der Waals surface area contributed by atoms with E-state index in [4.69, 9.17) is 9.84 Å². The number of hydrogen-bond donors (Lipinski definition) is 1. The Morgan fingerprint density at radius 2 is 1.55 bits per heavy atom. The van der Waals surface area contributed by atoms with E-state index >= 15 is 0 Å². The number of nitrogens with zero attached hydrogens (tertiary/aromatic N) is 3. The van der Waals surface area contributed by atoms with Crippen LogP contribution in [0.2, 0.25) is 0 Å². The van der Waals surface area contributed by atoms with Gasteiger partial charge in [-0.3, -0.25) is 4.79 Å². The monoisotopic (exact) mass is 627 g/mol. The first-order valence-corrected chi connectivity index (χ1v) is 16.1. The summed E-state index contributed by atoms with van der Waals surface area (Å²) in [5.74, 6) is -2.04. The molecule has 2 heterocycles. The Bertz CT molecular complexity index is 1930. The van der Waals surface area contributed by atoms with Gasteiger partial charge in [0.15, 0.2) is 5.69 Å². The molecule has 1 aliphatic heterocycles. The number of carbonyl (C=O) groups is 3. The number of benzene rings is 4. The van der Waals surface area contributed by atoms with Gasteiger partial charge in [-0.25, -0.2) is 14.3 Å². The molecule has 1 amide bonds. The number of carbonyl (C=O) groups excluding carboxylic acids is 2. The highest BCUT2D eigenvalue weighted by atomic mass is 16.5. The molecule has 0 unspecified atom stereocenters. The first-order valence-electron chi connectivity index (χ1n) is 16.1. The lowest BCUT2D eigenvalue weighted by Crippen LogP contribution is -2.36. The maximum atomic E-state index is 14.3. The second kappa shape index (κ2) is 13.9. The zero-order valence-electron chi connectivity index (χ0n) is 26.6. The van der Waals surface area contributed by atoms with Crippen LogP contribution in [0.5, 0.6) is 0 Å². The molecule has 47 heavy (non-hydrogen) atoms. The third-order valence-corrected chi connectivity index (χ3v) is 8.62. The van der Waals surface area contributed by atoms with Crippen LogP contribution in [0.25, 0.3) is 27.9 Å². The summed E-state index contributed by atoms with van der Waals surface area (Å²) in [6, 6.07) is 30.6. The molecular weight excluding hydrogens is 590 g/mol. The molecule has 5 aromatic rings. The standard InChI is InChI=1S/C39H37N3O5/c1-3-5-15-34-35(36(39(46)47-4-2)40-42(34)31-19-16-28(17-20-31)26-11-7-6-8-12-26)32-21-18-29(38(44)45)24-33(32)37(43)41-23-22-27-13-9-10-14-30(27)25-41/h6-14,16-21,24H,3-5,15,22-23,25H2,1-2H3,(H,44,45). The Labute approximate surface area is 274 Å². The van der Waals surface area contributed by atoms with Crippen molar-refractivity contribution in [3.05, 3.63) is 131 Å². The van der Waals surface area contributed by atoms with E-state index in [0.717, 1.165) is 40.9 Å². The van der Waals surface area contributed by atoms with Crippen molar-refractivity contribution < 1.29 is 24.2 Å². The number of rotatable bonds is 10. The van der Waals surface area contributed by atoms with E-state index in [1.54, 1.807) is 22.6 Å². The van der Waals surface area contributed by atoms with Crippen LogP contribution in [0, 0.1) is 0 Å². The minimum Gasteiger partial charge on any atom is -0.478 e. The predicted octanol–water partition coefficient (Wildman–Crippen LogP) is 7.62. The van der Waals surface area contributed by atoms with Gasteiger partial charge in [-0.1, -0.05) is 86.1 Å². The fourth-order valence-electron chi connectivity index (χ4n) is 6.20. The summed E-state index contributed by atoms with van der Waals surface area (Å²) >= 11 is 0. The Morgan fingerprint density at radius 3 is 2.26 bits per heavy atom. The SMILES string of the molecule is CCCCc1c(-c2ccc(C(=O)O)cc2C(=O)N2CCc3ccccc3C2)c(C(=O)OCC)nn1-c1ccc(-c2ccccc2)cc1. The second-order valence-corrected chi connectivity index (χ2v) is 11.6. The van der Waals surface area contributed by atoms with Crippen molar-refractivity contribution in [2.24, 2.45) is 0 Å². The van der Waals surface area contributed by atoms with Gasteiger partial charge in [0.05, 0.1) is 23.6 Å². The van der Waals surface area contributed by atoms with Crippen LogP contribution in [-0.4, -0.2) is 50.8 Å². The molecule has 6 rings (SSSR count). The van der Waals surface area contributed by atoms with E-state index in [9.17, 15) is 19.5 Å². The topological polar surface area (TPSA) is 102 Å². The predicted molar refractivity (Wildman–Crippen MR) is 181 cm³/mol. The number of aromatic carboxylic acids is 1. The van der Waals surface area contributed by atoms with E-state index in [2.05, 4.69) is 13.0 Å². The number of carboxylic acid groups (broad SMARTS) is 1. The van der Waals surface area contributed by atoms with Crippen LogP contribution < -0.4 is 0 Å². The smallest absolute Gasteiger partial charge is 0.359 e. The summed E-state index contributed by atoms with van der Waals surface area (Å²) < 4.78 is 7.26. The van der Waals surface area contributed by atoms with Crippen LogP contribution in [0.15, 0.2) is 97.1 Å². The molecule has 0 fully saturated rings. The highest BCUT2D eigenvalue weighted by Crippen LogP contribution is 2.36. The summed E-state index contributed by atoms with van der Waals surface area (Å²) in [4.78, 5) is 41.8. The maximum absolute atomic E-state index is 14.3. The second-order valence-electron chi connectivity index (χ2n) is 11.6. The van der Waals surface area contributed by atoms with Crippen molar-refractivity contribution in [1.82, 2.24) is 14.7 Å². The van der Waals surface area contributed by atoms with Crippen molar-refractivity contribution in [2.75, 3.05) is 13.2 Å². The van der Waals surface area contributed by atoms with Crippen LogP contribution >= 0.6 is 0 Å². The molecule has 238 valence electrons. The van der Waals surface area contributed by atoms with E-state index in [1.807, 2.05) is 72.8 Å². The molecule has 1 aromatic heterocycles. The molecule has 0 radical (unpaired) electrons. The molecule has 4 aromatic carbocycles. The van der Waals surface area contributed by atoms with Gasteiger partial charge >= 0.3 is 11.9 Å². The summed E-state index contributed by atoms with van der Waals surface area (Å²) in [5, 5.41) is 14.8. The molecule has 1 N–H and O–H groups in total. The zero-order chi connectivity index (χ0) is 32.9. The number of carboxylic acids is 1. The largest absolute Gasteiger partial charge is 0.478 e. The molecule has 0 spiro atoms. The average Bonchev–Trinajstić information content (AvgIpc) is 3.49. The van der Waals surface area contributed by atoms with Gasteiger partial charge in [0.1, 0.15) is 0 Å². The summed E-state index contributed by atoms with van der Waals surface area (Å²) in [5.41, 5.74) is 7.14. The van der Waals surface area contributed by atoms with Crippen LogP contribution in [0.3, 0.4) is 0 Å². The van der Waals surface area contributed by atoms with Gasteiger partial charge in [0.2, 0.25) is 0 Å². The van der Waals surface area contributed by atoms with Crippen LogP contribution in [0.4, 0.5) is 0 Å². The van der Waals surface area contributed by atoms with Gasteiger partial charge in [0.25, 0.3) is 5.91 Å². The minimum atomic E-state index is -1.14. The number of aromatic nitrogens is 2. The minimum absolute atomic E-state index is 0.00815. The van der Waals surface area contributed by atoms with E-state index in [0.29, 0.717) is 37.1 Å². The van der Waals surface area contributed by atoms with Crippen molar-refractivity contribution in [1.29, 1.82) is 0 Å². The van der Waals surface area contributed by atoms with Crippen LogP contribution in [0.1, 0.15) is 74.7 Å². The van der Waals surface area contributed by atoms with Gasteiger partial charge in [-0.05, 0) is 78.3 Å². The van der Waals surface area contributed by atoms with E-state index in [-0.39, 0.29) is 29.3 Å². The average molecular weight is 628 g/mol. The first kappa shape index (κ1) is 31.5. The molecular formula is C39H37N3O5. The highest BCUT2D eigenvalue weighted by Gasteiger charge is 2.31. The molecule has 0 bridgehead atoms. The third-order valence-electron chi connectivity index (χ3n) is 8.62. The fraction of sp³-hybridized carbons (Fsp3) is 0.231. The quantitative estimate of drug-likeness (QED) is 0.160. The number of unbranched alkanes of at least 4 members (excludes halogenated alkanes) is 1. The Hall–Kier alpha value is -5.50. The molecule has 0 saturated carbocycles. The van der Waals surface area contributed by atoms with Gasteiger partial charge in [0, 0.05) is 24.2 Å². The number of fused-ring (bicyclic) bond motifs is 1. The molecule has 1 aliphatic rings. The van der Waals surface area contributed by atoms with Gasteiger partial charge in [-0.15, -0.1) is 0 Å². The number of amides is 1. The highest BCUT2D eigenvalue weighted by molar-refractivity contribution is 6.06. The van der Waals surface area contributed by atoms with Crippen molar-refractivity contribution in [3.8, 4) is 27.9 Å². The van der Waals surface area contributed by atoms with Gasteiger partial charge < -0.3 is 14.7 Å². The molecule has 0 atom stereocenters. The molecule has 8 nitrogen and oxygen atoms in total. The fourth-order valence-corrected chi connectivity index (χ4v) is 6.20. The Morgan fingerprint density at radius 1 is 0.851 bits per heavy atom. The summed E-state index contributed by atoms with van der Waals surface area (Å²) in [6.07, 6.45) is 2.97. The lowest BCUT2D eigenvalue weighted by atomic mass is 9.92. The lowest BCUT2D eigenvalue weighted by Gasteiger charge is -2.29. The van der Waals surface area contributed by atoms with E-state index < -0.39 is 11.9 Å². The normalized spacial score (nSPS) is 12.4. The maximum Gasteiger partial charge on any atom is 0.359 e. The lowest BCUT2D eigenvalue weighted by molar-refractivity contribution is 0.0518. The third kappa shape index (κ3) is 6.45. The summed E-state index contributed by atoms with van der Waals surface area (Å²) in [7, 11) is 0. The number of hydrogen-bond acceptors (Lipinski definition) is 5. The van der Waals surface area contributed by atoms with E-state index in [1.165, 1.54) is 17.7 Å². The Kier molecular flexibility index (Phi) is 9.29. The molecule has 0 aliphatic carbocycles. The van der Waals surface area contributed by atoms with Crippen molar-refractivity contribution in [3.63, 3.8) is 0 Å². The molecule has 8 heteroatoms. The number of esters is 1. The van der Waals surface area contributed by atoms with Crippen molar-refractivity contribution in [2.45, 2.75) is 46.1 Å². The summed E-state index contributed by atoms with van der Waals surface area (Å²) in [6.45, 7) is 4.88. The van der Waals surface area contributed by atoms with Gasteiger partial charge in [-0.2, -0.15) is 5.10 Å². The first-order chi connectivity index (χ1) is 22.9. The zero-order valence-corrected chi connectivity index (χ0v) is 26.6. The van der Waals surface area contributed by atoms with Crippen molar-refractivity contribution >= 4 is 17.8 Å². The number of ether oxygens (including phenoxy) is 1. The Balaban J connectivity index is 1.52. The molecule has 0 saturated heterocycles. The van der Waals surface area contributed by atoms with Crippen LogP contribution in [-0.2, 0) is 24.1 Å².